The minimum atomic E-state index is 1.29. The van der Waals surface area contributed by atoms with Crippen molar-refractivity contribution in [1.82, 2.24) is 4.40 Å². The fourth-order valence-corrected chi connectivity index (χ4v) is 1.54. The van der Waals surface area contributed by atoms with Crippen LogP contribution in [-0.4, -0.2) is 4.40 Å². The molecular weight excluding hydrogens is 146 g/mol. The summed E-state index contributed by atoms with van der Waals surface area (Å²) in [5.74, 6) is 0. The summed E-state index contributed by atoms with van der Waals surface area (Å²) in [6.07, 6.45) is 2.18. The van der Waals surface area contributed by atoms with E-state index >= 15 is 0 Å². The number of hydrogen-bond donors (Lipinski definition) is 0. The van der Waals surface area contributed by atoms with E-state index in [1.54, 1.807) is 0 Å². The lowest BCUT2D eigenvalue weighted by atomic mass is 10.3. The molecule has 0 aliphatic rings. The van der Waals surface area contributed by atoms with Crippen LogP contribution < -0.4 is 0 Å². The molecule has 1 nitrogen and oxygen atoms in total. The summed E-state index contributed by atoms with van der Waals surface area (Å²) in [6.45, 7) is 6.42. The van der Waals surface area contributed by atoms with Gasteiger partial charge in [0.2, 0.25) is 0 Å². The van der Waals surface area contributed by atoms with Crippen LogP contribution in [0, 0.1) is 20.8 Å². The summed E-state index contributed by atoms with van der Waals surface area (Å²) in [6, 6.07) is 6.53. The molecule has 1 heteroatoms. The molecule has 0 aliphatic heterocycles. The molecule has 2 aromatic heterocycles. The highest BCUT2D eigenvalue weighted by atomic mass is 14.9. The Morgan fingerprint density at radius 3 is 2.58 bits per heavy atom. The summed E-state index contributed by atoms with van der Waals surface area (Å²) < 4.78 is 2.24. The Labute approximate surface area is 72.6 Å². The molecule has 62 valence electrons. The zero-order valence-electron chi connectivity index (χ0n) is 7.76. The summed E-state index contributed by atoms with van der Waals surface area (Å²) in [7, 11) is 0. The fourth-order valence-electron chi connectivity index (χ4n) is 1.54. The Kier molecular flexibility index (Phi) is 1.47. The van der Waals surface area contributed by atoms with Gasteiger partial charge in [0.05, 0.1) is 0 Å². The Balaban J connectivity index is 2.88. The normalized spacial score (nSPS) is 10.9. The van der Waals surface area contributed by atoms with E-state index in [1.165, 1.54) is 22.3 Å². The highest BCUT2D eigenvalue weighted by Gasteiger charge is 2.00. The predicted molar refractivity (Wildman–Crippen MR) is 51.6 cm³/mol. The Bertz CT molecular complexity index is 424. The first-order chi connectivity index (χ1) is 5.68. The topological polar surface area (TPSA) is 4.41 Å². The summed E-state index contributed by atoms with van der Waals surface area (Å²) >= 11 is 0. The van der Waals surface area contributed by atoms with Crippen LogP contribution in [0.2, 0.25) is 0 Å². The van der Waals surface area contributed by atoms with Crippen LogP contribution in [-0.2, 0) is 0 Å². The van der Waals surface area contributed by atoms with Gasteiger partial charge < -0.3 is 4.40 Å². The summed E-state index contributed by atoms with van der Waals surface area (Å²) in [4.78, 5) is 0. The molecule has 2 heterocycles. The molecule has 12 heavy (non-hydrogen) atoms. The van der Waals surface area contributed by atoms with Gasteiger partial charge in [-0.05, 0) is 44.0 Å². The molecule has 2 aromatic rings. The highest BCUT2D eigenvalue weighted by molar-refractivity contribution is 5.53. The van der Waals surface area contributed by atoms with Gasteiger partial charge in [-0.3, -0.25) is 0 Å². The molecular formula is C11H13N. The number of fused-ring (bicyclic) bond motifs is 1. The second-order valence-electron chi connectivity index (χ2n) is 3.41. The van der Waals surface area contributed by atoms with Crippen LogP contribution in [0.25, 0.3) is 5.52 Å². The number of aromatic nitrogens is 1. The Morgan fingerprint density at radius 1 is 1.08 bits per heavy atom. The molecule has 0 amide bonds. The molecule has 0 fully saturated rings. The van der Waals surface area contributed by atoms with Gasteiger partial charge in [0.25, 0.3) is 0 Å². The van der Waals surface area contributed by atoms with Gasteiger partial charge in [-0.1, -0.05) is 6.07 Å². The molecule has 0 bridgehead atoms. The maximum absolute atomic E-state index is 2.24. The quantitative estimate of drug-likeness (QED) is 0.556. The van der Waals surface area contributed by atoms with Crippen molar-refractivity contribution < 1.29 is 0 Å². The van der Waals surface area contributed by atoms with E-state index < -0.39 is 0 Å². The van der Waals surface area contributed by atoms with Gasteiger partial charge in [-0.15, -0.1) is 0 Å². The lowest BCUT2D eigenvalue weighted by molar-refractivity contribution is 1.08. The number of pyridine rings is 1. The second-order valence-corrected chi connectivity index (χ2v) is 3.41. The van der Waals surface area contributed by atoms with Gasteiger partial charge >= 0.3 is 0 Å². The second kappa shape index (κ2) is 2.37. The number of aryl methyl sites for hydroxylation is 3. The number of nitrogens with zero attached hydrogens (tertiary/aromatic N) is 1. The molecule has 0 radical (unpaired) electrons. The molecule has 0 N–H and O–H groups in total. The largest absolute Gasteiger partial charge is 0.321 e. The van der Waals surface area contributed by atoms with Crippen LogP contribution in [0.15, 0.2) is 24.4 Å². The molecule has 0 saturated heterocycles. The van der Waals surface area contributed by atoms with Gasteiger partial charge in [-0.25, -0.2) is 0 Å². The zero-order valence-corrected chi connectivity index (χ0v) is 7.76. The van der Waals surface area contributed by atoms with E-state index in [1.807, 2.05) is 0 Å². The molecule has 0 aromatic carbocycles. The lowest BCUT2D eigenvalue weighted by Gasteiger charge is -1.99. The summed E-state index contributed by atoms with van der Waals surface area (Å²) in [5, 5.41) is 0. The lowest BCUT2D eigenvalue weighted by Crippen LogP contribution is -1.87. The average molecular weight is 159 g/mol. The first-order valence-electron chi connectivity index (χ1n) is 4.23. The predicted octanol–water partition coefficient (Wildman–Crippen LogP) is 2.86. The molecule has 0 spiro atoms. The number of hydrogen-bond acceptors (Lipinski definition) is 0. The van der Waals surface area contributed by atoms with Gasteiger partial charge in [-0.2, -0.15) is 0 Å². The van der Waals surface area contributed by atoms with E-state index in [0.717, 1.165) is 0 Å². The standard InChI is InChI=1S/C11H13N/c1-8-4-5-11-6-9(2)10(3)12(11)7-8/h4-7H,1-3H3. The molecule has 0 saturated carbocycles. The van der Waals surface area contributed by atoms with Crippen LogP contribution in [0.3, 0.4) is 0 Å². The van der Waals surface area contributed by atoms with Gasteiger partial charge in [0.15, 0.2) is 0 Å². The SMILES string of the molecule is Cc1ccc2cc(C)c(C)n2c1. The Morgan fingerprint density at radius 2 is 1.83 bits per heavy atom. The van der Waals surface area contributed by atoms with Crippen LogP contribution in [0.5, 0.6) is 0 Å². The van der Waals surface area contributed by atoms with Crippen molar-refractivity contribution in [1.29, 1.82) is 0 Å². The van der Waals surface area contributed by atoms with E-state index in [-0.39, 0.29) is 0 Å². The van der Waals surface area contributed by atoms with E-state index in [2.05, 4.69) is 49.6 Å². The number of rotatable bonds is 0. The van der Waals surface area contributed by atoms with Crippen LogP contribution >= 0.6 is 0 Å². The average Bonchev–Trinajstić information content (AvgIpc) is 2.31. The minimum Gasteiger partial charge on any atom is -0.321 e. The summed E-state index contributed by atoms with van der Waals surface area (Å²) in [5.41, 5.74) is 5.30. The third-order valence-corrected chi connectivity index (χ3v) is 2.42. The van der Waals surface area contributed by atoms with Crippen molar-refractivity contribution in [2.75, 3.05) is 0 Å². The van der Waals surface area contributed by atoms with Crippen molar-refractivity contribution >= 4 is 5.52 Å². The molecule has 2 rings (SSSR count). The third-order valence-electron chi connectivity index (χ3n) is 2.42. The maximum atomic E-state index is 2.24. The van der Waals surface area contributed by atoms with Crippen LogP contribution in [0.4, 0.5) is 0 Å². The van der Waals surface area contributed by atoms with E-state index in [0.29, 0.717) is 0 Å². The highest BCUT2D eigenvalue weighted by Crippen LogP contribution is 2.15. The van der Waals surface area contributed by atoms with Crippen molar-refractivity contribution in [3.05, 3.63) is 41.2 Å². The van der Waals surface area contributed by atoms with Crippen molar-refractivity contribution in [2.45, 2.75) is 20.8 Å². The van der Waals surface area contributed by atoms with E-state index in [9.17, 15) is 0 Å². The van der Waals surface area contributed by atoms with Crippen LogP contribution in [0.1, 0.15) is 16.8 Å². The van der Waals surface area contributed by atoms with Crippen molar-refractivity contribution in [3.8, 4) is 0 Å². The molecule has 0 atom stereocenters. The molecule has 0 aliphatic carbocycles. The van der Waals surface area contributed by atoms with Crippen molar-refractivity contribution in [2.24, 2.45) is 0 Å². The van der Waals surface area contributed by atoms with Gasteiger partial charge in [0, 0.05) is 17.4 Å². The van der Waals surface area contributed by atoms with E-state index in [4.69, 9.17) is 0 Å². The monoisotopic (exact) mass is 159 g/mol. The van der Waals surface area contributed by atoms with Crippen molar-refractivity contribution in [3.63, 3.8) is 0 Å². The zero-order chi connectivity index (χ0) is 8.72. The first-order valence-corrected chi connectivity index (χ1v) is 4.23. The molecule has 0 unspecified atom stereocenters. The third kappa shape index (κ3) is 0.934. The maximum Gasteiger partial charge on any atom is 0.0455 e. The Hall–Kier alpha value is -1.24. The first kappa shape index (κ1) is 7.41. The fraction of sp³-hybridized carbons (Fsp3) is 0.273. The minimum absolute atomic E-state index is 1.29. The van der Waals surface area contributed by atoms with Gasteiger partial charge in [0.1, 0.15) is 0 Å². The smallest absolute Gasteiger partial charge is 0.0455 e.